The molecule has 5 nitrogen and oxygen atoms in total. The maximum Gasteiger partial charge on any atom is 0.191 e. The molecule has 1 fully saturated rings. The van der Waals surface area contributed by atoms with Crippen molar-refractivity contribution in [2.75, 3.05) is 19.7 Å². The van der Waals surface area contributed by atoms with E-state index < -0.39 is 0 Å². The second-order valence-corrected chi connectivity index (χ2v) is 7.03. The molecule has 138 valence electrons. The Morgan fingerprint density at radius 1 is 1.33 bits per heavy atom. The van der Waals surface area contributed by atoms with E-state index in [1.54, 1.807) is 11.3 Å². The summed E-state index contributed by atoms with van der Waals surface area (Å²) in [4.78, 5) is 10.3. The third kappa shape index (κ3) is 8.11. The molecule has 0 radical (unpaired) electrons. The summed E-state index contributed by atoms with van der Waals surface area (Å²) in [6.45, 7) is 7.46. The Kier molecular flexibility index (Phi) is 11.6. The molecule has 0 amide bonds. The van der Waals surface area contributed by atoms with Crippen LogP contribution >= 0.6 is 35.3 Å². The van der Waals surface area contributed by atoms with Crippen molar-refractivity contribution in [2.45, 2.75) is 65.0 Å². The molecule has 1 aliphatic rings. The summed E-state index contributed by atoms with van der Waals surface area (Å²) in [5.74, 6) is 0.863. The van der Waals surface area contributed by atoms with E-state index in [4.69, 9.17) is 4.74 Å². The van der Waals surface area contributed by atoms with Gasteiger partial charge in [-0.1, -0.05) is 19.8 Å². The van der Waals surface area contributed by atoms with Crippen molar-refractivity contribution in [1.82, 2.24) is 15.6 Å². The fraction of sp³-hybridized carbons (Fsp3) is 0.765. The summed E-state index contributed by atoms with van der Waals surface area (Å²) in [5.41, 5.74) is 0. The van der Waals surface area contributed by atoms with Crippen LogP contribution in [0.5, 0.6) is 0 Å². The third-order valence-electron chi connectivity index (χ3n) is 3.94. The zero-order chi connectivity index (χ0) is 16.3. The second kappa shape index (κ2) is 12.9. The Bertz CT molecular complexity index is 475. The van der Waals surface area contributed by atoms with E-state index in [9.17, 15) is 0 Å². The van der Waals surface area contributed by atoms with Crippen LogP contribution in [-0.2, 0) is 17.7 Å². The quantitative estimate of drug-likeness (QED) is 0.252. The number of halogens is 1. The highest BCUT2D eigenvalue weighted by Crippen LogP contribution is 2.20. The summed E-state index contributed by atoms with van der Waals surface area (Å²) in [6, 6.07) is 0. The Labute approximate surface area is 167 Å². The average molecular weight is 466 g/mol. The monoisotopic (exact) mass is 466 g/mol. The van der Waals surface area contributed by atoms with Crippen LogP contribution in [0, 0.1) is 0 Å². The molecular formula is C17H31IN4OS. The lowest BCUT2D eigenvalue weighted by atomic mass is 10.3. The number of nitrogens with one attached hydrogen (secondary N) is 2. The normalized spacial score (nSPS) is 15.3. The number of thiazole rings is 1. The molecule has 7 heteroatoms. The molecule has 0 atom stereocenters. The molecule has 1 aromatic rings. The van der Waals surface area contributed by atoms with Crippen molar-refractivity contribution in [3.05, 3.63) is 16.1 Å². The van der Waals surface area contributed by atoms with Crippen LogP contribution in [0.15, 0.2) is 11.2 Å². The molecule has 2 rings (SSSR count). The Morgan fingerprint density at radius 3 is 2.79 bits per heavy atom. The first kappa shape index (κ1) is 21.6. The predicted molar refractivity (Wildman–Crippen MR) is 113 cm³/mol. The summed E-state index contributed by atoms with van der Waals surface area (Å²) in [5, 5.41) is 7.73. The Balaban J connectivity index is 0.00000288. The summed E-state index contributed by atoms with van der Waals surface area (Å²) in [6.07, 6.45) is 9.66. The highest BCUT2D eigenvalue weighted by molar-refractivity contribution is 14.0. The smallest absolute Gasteiger partial charge is 0.191 e. The van der Waals surface area contributed by atoms with Crippen LogP contribution in [0.3, 0.4) is 0 Å². The molecule has 1 aromatic heterocycles. The van der Waals surface area contributed by atoms with Gasteiger partial charge in [0.1, 0.15) is 5.01 Å². The van der Waals surface area contributed by atoms with Gasteiger partial charge in [-0.25, -0.2) is 9.98 Å². The molecule has 0 unspecified atom stereocenters. The molecule has 0 saturated heterocycles. The topological polar surface area (TPSA) is 58.5 Å². The van der Waals surface area contributed by atoms with Gasteiger partial charge in [0.15, 0.2) is 5.96 Å². The SMILES string of the molecule is CCNC(=NCc1ncc(CC)s1)NCCCOC1CCCC1.I. The largest absolute Gasteiger partial charge is 0.378 e. The predicted octanol–water partition coefficient (Wildman–Crippen LogP) is 3.73. The number of hydrogen-bond donors (Lipinski definition) is 2. The van der Waals surface area contributed by atoms with E-state index in [0.717, 1.165) is 43.5 Å². The van der Waals surface area contributed by atoms with Crippen molar-refractivity contribution < 1.29 is 4.74 Å². The molecule has 1 saturated carbocycles. The fourth-order valence-electron chi connectivity index (χ4n) is 2.66. The van der Waals surface area contributed by atoms with Gasteiger partial charge in [-0.2, -0.15) is 0 Å². The first-order chi connectivity index (χ1) is 11.3. The summed E-state index contributed by atoms with van der Waals surface area (Å²) >= 11 is 1.75. The van der Waals surface area contributed by atoms with Crippen molar-refractivity contribution in [2.24, 2.45) is 4.99 Å². The van der Waals surface area contributed by atoms with Gasteiger partial charge >= 0.3 is 0 Å². The molecular weight excluding hydrogens is 435 g/mol. The van der Waals surface area contributed by atoms with Gasteiger partial charge in [-0.15, -0.1) is 35.3 Å². The van der Waals surface area contributed by atoms with Crippen LogP contribution in [-0.4, -0.2) is 36.7 Å². The average Bonchev–Trinajstić information content (AvgIpc) is 3.23. The van der Waals surface area contributed by atoms with Crippen molar-refractivity contribution in [3.8, 4) is 0 Å². The van der Waals surface area contributed by atoms with Gasteiger partial charge in [-0.05, 0) is 32.6 Å². The number of guanidine groups is 1. The van der Waals surface area contributed by atoms with Crippen molar-refractivity contribution in [3.63, 3.8) is 0 Å². The molecule has 0 aliphatic heterocycles. The van der Waals surface area contributed by atoms with Gasteiger partial charge < -0.3 is 15.4 Å². The molecule has 1 heterocycles. The van der Waals surface area contributed by atoms with Crippen LogP contribution < -0.4 is 10.6 Å². The van der Waals surface area contributed by atoms with Gasteiger partial charge in [-0.3, -0.25) is 0 Å². The van der Waals surface area contributed by atoms with Crippen LogP contribution in [0.1, 0.15) is 55.8 Å². The van der Waals surface area contributed by atoms with E-state index in [2.05, 4.69) is 34.5 Å². The molecule has 0 bridgehead atoms. The molecule has 0 aromatic carbocycles. The maximum atomic E-state index is 5.88. The molecule has 0 spiro atoms. The number of nitrogens with zero attached hydrogens (tertiary/aromatic N) is 2. The number of aryl methyl sites for hydroxylation is 1. The minimum atomic E-state index is 0. The summed E-state index contributed by atoms with van der Waals surface area (Å²) < 4.78 is 5.88. The lowest BCUT2D eigenvalue weighted by Crippen LogP contribution is -2.38. The highest BCUT2D eigenvalue weighted by atomic mass is 127. The number of aliphatic imine (C=N–C) groups is 1. The minimum absolute atomic E-state index is 0. The fourth-order valence-corrected chi connectivity index (χ4v) is 3.44. The van der Waals surface area contributed by atoms with E-state index in [0.29, 0.717) is 12.6 Å². The van der Waals surface area contributed by atoms with E-state index in [1.165, 1.54) is 30.6 Å². The van der Waals surface area contributed by atoms with E-state index in [1.807, 2.05) is 6.20 Å². The van der Waals surface area contributed by atoms with Gasteiger partial charge in [0.05, 0.1) is 12.6 Å². The first-order valence-electron chi connectivity index (χ1n) is 8.89. The standard InChI is InChI=1S/C17H30N4OS.HI/c1-3-15-12-20-16(23-15)13-21-17(18-4-2)19-10-7-11-22-14-8-5-6-9-14;/h12,14H,3-11,13H2,1-2H3,(H2,18,19,21);1H. The zero-order valence-electron chi connectivity index (χ0n) is 14.8. The number of ether oxygens (including phenoxy) is 1. The number of hydrogen-bond acceptors (Lipinski definition) is 4. The Hall–Kier alpha value is -0.410. The minimum Gasteiger partial charge on any atom is -0.378 e. The van der Waals surface area contributed by atoms with Crippen molar-refractivity contribution in [1.29, 1.82) is 0 Å². The molecule has 24 heavy (non-hydrogen) atoms. The van der Waals surface area contributed by atoms with Crippen LogP contribution in [0.4, 0.5) is 0 Å². The molecule has 2 N–H and O–H groups in total. The lowest BCUT2D eigenvalue weighted by molar-refractivity contribution is 0.0574. The van der Waals surface area contributed by atoms with Gasteiger partial charge in [0.25, 0.3) is 0 Å². The van der Waals surface area contributed by atoms with Crippen molar-refractivity contribution >= 4 is 41.3 Å². The highest BCUT2D eigenvalue weighted by Gasteiger charge is 2.14. The molecule has 1 aliphatic carbocycles. The second-order valence-electron chi connectivity index (χ2n) is 5.83. The van der Waals surface area contributed by atoms with Crippen LogP contribution in [0.2, 0.25) is 0 Å². The van der Waals surface area contributed by atoms with E-state index in [-0.39, 0.29) is 24.0 Å². The lowest BCUT2D eigenvalue weighted by Gasteiger charge is -2.13. The van der Waals surface area contributed by atoms with Gasteiger partial charge in [0, 0.05) is 30.8 Å². The number of aromatic nitrogens is 1. The Morgan fingerprint density at radius 2 is 2.12 bits per heavy atom. The van der Waals surface area contributed by atoms with Crippen LogP contribution in [0.25, 0.3) is 0 Å². The maximum absolute atomic E-state index is 5.88. The number of rotatable bonds is 9. The zero-order valence-corrected chi connectivity index (χ0v) is 18.0. The summed E-state index contributed by atoms with van der Waals surface area (Å²) in [7, 11) is 0. The van der Waals surface area contributed by atoms with Gasteiger partial charge in [0.2, 0.25) is 0 Å². The third-order valence-corrected chi connectivity index (χ3v) is 5.06. The van der Waals surface area contributed by atoms with E-state index >= 15 is 0 Å². The first-order valence-corrected chi connectivity index (χ1v) is 9.70.